The Morgan fingerprint density at radius 1 is 1.00 bits per heavy atom. The minimum atomic E-state index is 1.24. The zero-order chi connectivity index (χ0) is 10.4. The van der Waals surface area contributed by atoms with Crippen LogP contribution in [0.25, 0.3) is 0 Å². The summed E-state index contributed by atoms with van der Waals surface area (Å²) in [6, 6.07) is 8.64. The number of rotatable bonds is 1. The second-order valence-corrected chi connectivity index (χ2v) is 3.48. The van der Waals surface area contributed by atoms with Crippen LogP contribution in [0, 0.1) is 6.92 Å². The minimum Gasteiger partial charge on any atom is -0.371 e. The first kappa shape index (κ1) is 11.1. The van der Waals surface area contributed by atoms with E-state index in [0.29, 0.717) is 0 Å². The average molecular weight is 191 g/mol. The van der Waals surface area contributed by atoms with E-state index in [4.69, 9.17) is 0 Å². The molecular formula is C13H21N. The minimum absolute atomic E-state index is 1.24. The molecular weight excluding hydrogens is 170 g/mol. The van der Waals surface area contributed by atoms with Crippen LogP contribution in [0.15, 0.2) is 24.3 Å². The normalized spacial score (nSPS) is 14.9. The SMILES string of the molecule is CC.Cc1ccccc1N1CCCC1. The molecule has 1 aliphatic rings. The van der Waals surface area contributed by atoms with Gasteiger partial charge in [0, 0.05) is 18.8 Å². The van der Waals surface area contributed by atoms with Crippen LogP contribution < -0.4 is 4.90 Å². The molecule has 1 saturated heterocycles. The summed E-state index contributed by atoms with van der Waals surface area (Å²) < 4.78 is 0. The monoisotopic (exact) mass is 191 g/mol. The summed E-state index contributed by atoms with van der Waals surface area (Å²) in [5.74, 6) is 0. The molecule has 0 aliphatic carbocycles. The third kappa shape index (κ3) is 2.50. The largest absolute Gasteiger partial charge is 0.371 e. The van der Waals surface area contributed by atoms with Gasteiger partial charge in [-0.1, -0.05) is 32.0 Å². The summed E-state index contributed by atoms with van der Waals surface area (Å²) in [5, 5.41) is 0. The van der Waals surface area contributed by atoms with Crippen molar-refractivity contribution in [3.8, 4) is 0 Å². The van der Waals surface area contributed by atoms with Gasteiger partial charge in [-0.15, -0.1) is 0 Å². The third-order valence-corrected chi connectivity index (χ3v) is 2.56. The van der Waals surface area contributed by atoms with Crippen molar-refractivity contribution in [1.82, 2.24) is 0 Å². The van der Waals surface area contributed by atoms with Crippen molar-refractivity contribution in [2.24, 2.45) is 0 Å². The zero-order valence-electron chi connectivity index (χ0n) is 9.59. The van der Waals surface area contributed by atoms with Crippen molar-refractivity contribution >= 4 is 5.69 Å². The van der Waals surface area contributed by atoms with Crippen LogP contribution >= 0.6 is 0 Å². The number of benzene rings is 1. The van der Waals surface area contributed by atoms with Gasteiger partial charge in [-0.05, 0) is 31.4 Å². The van der Waals surface area contributed by atoms with Crippen LogP contribution in [0.2, 0.25) is 0 Å². The first-order valence-corrected chi connectivity index (χ1v) is 5.68. The molecule has 0 spiro atoms. The molecule has 0 bridgehead atoms. The fourth-order valence-corrected chi connectivity index (χ4v) is 1.88. The summed E-state index contributed by atoms with van der Waals surface area (Å²) in [7, 11) is 0. The lowest BCUT2D eigenvalue weighted by atomic mass is 10.2. The Labute approximate surface area is 87.7 Å². The van der Waals surface area contributed by atoms with E-state index < -0.39 is 0 Å². The molecule has 1 heterocycles. The third-order valence-electron chi connectivity index (χ3n) is 2.56. The highest BCUT2D eigenvalue weighted by atomic mass is 15.1. The van der Waals surface area contributed by atoms with Crippen LogP contribution in [0.3, 0.4) is 0 Å². The van der Waals surface area contributed by atoms with Gasteiger partial charge in [0.2, 0.25) is 0 Å². The Kier molecular flexibility index (Phi) is 4.51. The smallest absolute Gasteiger partial charge is 0.0395 e. The van der Waals surface area contributed by atoms with Crippen LogP contribution in [0.4, 0.5) is 5.69 Å². The molecule has 0 radical (unpaired) electrons. The molecule has 0 atom stereocenters. The Balaban J connectivity index is 0.000000461. The standard InChI is InChI=1S/C11H15N.C2H6/c1-10-6-2-3-7-11(10)12-8-4-5-9-12;1-2/h2-3,6-7H,4-5,8-9H2,1H3;1-2H3. The number of nitrogens with zero attached hydrogens (tertiary/aromatic N) is 1. The van der Waals surface area contributed by atoms with Crippen molar-refractivity contribution in [3.63, 3.8) is 0 Å². The molecule has 2 rings (SSSR count). The van der Waals surface area contributed by atoms with Gasteiger partial charge in [-0.25, -0.2) is 0 Å². The first-order chi connectivity index (χ1) is 6.88. The van der Waals surface area contributed by atoms with E-state index in [2.05, 4.69) is 36.1 Å². The lowest BCUT2D eigenvalue weighted by Crippen LogP contribution is -2.18. The summed E-state index contributed by atoms with van der Waals surface area (Å²) in [5.41, 5.74) is 2.83. The van der Waals surface area contributed by atoms with Crippen molar-refractivity contribution < 1.29 is 0 Å². The molecule has 1 heteroatoms. The molecule has 1 aromatic rings. The maximum atomic E-state index is 2.48. The van der Waals surface area contributed by atoms with Crippen LogP contribution in [-0.4, -0.2) is 13.1 Å². The van der Waals surface area contributed by atoms with Crippen LogP contribution in [0.1, 0.15) is 32.3 Å². The topological polar surface area (TPSA) is 3.24 Å². The Morgan fingerprint density at radius 2 is 1.57 bits per heavy atom. The van der Waals surface area contributed by atoms with E-state index in [1.807, 2.05) is 13.8 Å². The first-order valence-electron chi connectivity index (χ1n) is 5.68. The predicted octanol–water partition coefficient (Wildman–Crippen LogP) is 3.62. The Hall–Kier alpha value is -0.980. The molecule has 0 amide bonds. The maximum Gasteiger partial charge on any atom is 0.0395 e. The van der Waals surface area contributed by atoms with Gasteiger partial charge in [-0.2, -0.15) is 0 Å². The van der Waals surface area contributed by atoms with E-state index in [-0.39, 0.29) is 0 Å². The molecule has 0 N–H and O–H groups in total. The number of aryl methyl sites for hydroxylation is 1. The summed E-state index contributed by atoms with van der Waals surface area (Å²) in [4.78, 5) is 2.48. The van der Waals surface area contributed by atoms with E-state index in [9.17, 15) is 0 Å². The van der Waals surface area contributed by atoms with Crippen LogP contribution in [-0.2, 0) is 0 Å². The van der Waals surface area contributed by atoms with Gasteiger partial charge < -0.3 is 4.90 Å². The van der Waals surface area contributed by atoms with Gasteiger partial charge in [0.15, 0.2) is 0 Å². The van der Waals surface area contributed by atoms with Crippen molar-refractivity contribution in [2.75, 3.05) is 18.0 Å². The van der Waals surface area contributed by atoms with Gasteiger partial charge >= 0.3 is 0 Å². The molecule has 78 valence electrons. The van der Waals surface area contributed by atoms with Crippen molar-refractivity contribution in [2.45, 2.75) is 33.6 Å². The highest BCUT2D eigenvalue weighted by Crippen LogP contribution is 2.23. The zero-order valence-corrected chi connectivity index (χ0v) is 9.59. The second kappa shape index (κ2) is 5.69. The highest BCUT2D eigenvalue weighted by molar-refractivity contribution is 5.53. The highest BCUT2D eigenvalue weighted by Gasteiger charge is 2.12. The molecule has 0 aromatic heterocycles. The van der Waals surface area contributed by atoms with E-state index in [0.717, 1.165) is 0 Å². The molecule has 14 heavy (non-hydrogen) atoms. The number of anilines is 1. The van der Waals surface area contributed by atoms with Gasteiger partial charge in [0.25, 0.3) is 0 Å². The fraction of sp³-hybridized carbons (Fsp3) is 0.538. The van der Waals surface area contributed by atoms with Crippen LogP contribution in [0.5, 0.6) is 0 Å². The number of para-hydroxylation sites is 1. The lowest BCUT2D eigenvalue weighted by Gasteiger charge is -2.19. The number of hydrogen-bond acceptors (Lipinski definition) is 1. The molecule has 0 saturated carbocycles. The summed E-state index contributed by atoms with van der Waals surface area (Å²) in [6.07, 6.45) is 2.71. The van der Waals surface area contributed by atoms with E-state index in [1.165, 1.54) is 37.2 Å². The lowest BCUT2D eigenvalue weighted by molar-refractivity contribution is 0.949. The second-order valence-electron chi connectivity index (χ2n) is 3.48. The van der Waals surface area contributed by atoms with Gasteiger partial charge in [-0.3, -0.25) is 0 Å². The molecule has 1 aliphatic heterocycles. The molecule has 1 nitrogen and oxygen atoms in total. The van der Waals surface area contributed by atoms with E-state index in [1.54, 1.807) is 0 Å². The summed E-state index contributed by atoms with van der Waals surface area (Å²) in [6.45, 7) is 8.67. The van der Waals surface area contributed by atoms with Crippen molar-refractivity contribution in [1.29, 1.82) is 0 Å². The summed E-state index contributed by atoms with van der Waals surface area (Å²) >= 11 is 0. The Bertz CT molecular complexity index is 262. The predicted molar refractivity (Wildman–Crippen MR) is 64.0 cm³/mol. The molecule has 1 fully saturated rings. The molecule has 0 unspecified atom stereocenters. The fourth-order valence-electron chi connectivity index (χ4n) is 1.88. The quantitative estimate of drug-likeness (QED) is 0.655. The number of hydrogen-bond donors (Lipinski definition) is 0. The molecule has 1 aromatic carbocycles. The maximum absolute atomic E-state index is 2.48. The van der Waals surface area contributed by atoms with Crippen molar-refractivity contribution in [3.05, 3.63) is 29.8 Å². The Morgan fingerprint density at radius 3 is 2.14 bits per heavy atom. The van der Waals surface area contributed by atoms with Gasteiger partial charge in [0.1, 0.15) is 0 Å². The van der Waals surface area contributed by atoms with E-state index >= 15 is 0 Å². The van der Waals surface area contributed by atoms with Gasteiger partial charge in [0.05, 0.1) is 0 Å². The average Bonchev–Trinajstić information content (AvgIpc) is 2.75.